The summed E-state index contributed by atoms with van der Waals surface area (Å²) in [5.41, 5.74) is 0.624. The van der Waals surface area contributed by atoms with Crippen molar-refractivity contribution in [1.82, 2.24) is 16.0 Å². The molecular formula is C18H24ClN3O2. The van der Waals surface area contributed by atoms with Crippen molar-refractivity contribution >= 4 is 23.5 Å². The highest BCUT2D eigenvalue weighted by Crippen LogP contribution is 2.31. The number of benzene rings is 1. The highest BCUT2D eigenvalue weighted by molar-refractivity contribution is 6.30. The van der Waals surface area contributed by atoms with Crippen molar-refractivity contribution in [2.75, 3.05) is 6.54 Å². The number of rotatable bonds is 5. The SMILES string of the molecule is CCC(CNC1CCC2(CC1)NC(=O)NC2=O)c1ccc(Cl)cc1. The topological polar surface area (TPSA) is 70.2 Å². The molecule has 0 bridgehead atoms. The average Bonchev–Trinajstić information content (AvgIpc) is 2.85. The summed E-state index contributed by atoms with van der Waals surface area (Å²) in [4.78, 5) is 23.3. The molecule has 1 aromatic rings. The molecule has 1 heterocycles. The zero-order valence-electron chi connectivity index (χ0n) is 13.9. The fourth-order valence-corrected chi connectivity index (χ4v) is 3.86. The molecule has 1 atom stereocenters. The molecule has 1 saturated carbocycles. The molecule has 1 aliphatic heterocycles. The van der Waals surface area contributed by atoms with Gasteiger partial charge >= 0.3 is 6.03 Å². The van der Waals surface area contributed by atoms with Crippen LogP contribution in [0.1, 0.15) is 50.5 Å². The summed E-state index contributed by atoms with van der Waals surface area (Å²) in [5, 5.41) is 9.57. The monoisotopic (exact) mass is 349 g/mol. The highest BCUT2D eigenvalue weighted by Gasteiger charge is 2.47. The maximum absolute atomic E-state index is 12.0. The van der Waals surface area contributed by atoms with Crippen molar-refractivity contribution in [2.45, 2.75) is 56.5 Å². The molecule has 3 amide bonds. The van der Waals surface area contributed by atoms with Crippen molar-refractivity contribution in [2.24, 2.45) is 0 Å². The van der Waals surface area contributed by atoms with Crippen LogP contribution in [0, 0.1) is 0 Å². The van der Waals surface area contributed by atoms with E-state index in [2.05, 4.69) is 35.0 Å². The van der Waals surface area contributed by atoms with E-state index < -0.39 is 5.54 Å². The first-order valence-electron chi connectivity index (χ1n) is 8.65. The van der Waals surface area contributed by atoms with Crippen LogP contribution in [0.4, 0.5) is 4.79 Å². The maximum Gasteiger partial charge on any atom is 0.322 e. The van der Waals surface area contributed by atoms with E-state index in [4.69, 9.17) is 11.6 Å². The summed E-state index contributed by atoms with van der Waals surface area (Å²) >= 11 is 5.96. The normalized spacial score (nSPS) is 27.8. The third-order valence-corrected chi connectivity index (χ3v) is 5.59. The number of imide groups is 1. The van der Waals surface area contributed by atoms with Crippen LogP contribution in [-0.4, -0.2) is 30.1 Å². The first-order valence-corrected chi connectivity index (χ1v) is 9.02. The average molecular weight is 350 g/mol. The Morgan fingerprint density at radius 1 is 1.25 bits per heavy atom. The van der Waals surface area contributed by atoms with E-state index in [1.54, 1.807) is 0 Å². The van der Waals surface area contributed by atoms with E-state index in [0.717, 1.165) is 30.8 Å². The Kier molecular flexibility index (Phi) is 5.11. The van der Waals surface area contributed by atoms with Crippen molar-refractivity contribution in [3.8, 4) is 0 Å². The van der Waals surface area contributed by atoms with Crippen LogP contribution in [0.5, 0.6) is 0 Å². The van der Waals surface area contributed by atoms with Crippen LogP contribution in [0.3, 0.4) is 0 Å². The van der Waals surface area contributed by atoms with Crippen molar-refractivity contribution < 1.29 is 9.59 Å². The summed E-state index contributed by atoms with van der Waals surface area (Å²) in [6, 6.07) is 8.08. The second-order valence-electron chi connectivity index (χ2n) is 6.83. The van der Waals surface area contributed by atoms with Crippen LogP contribution >= 0.6 is 11.6 Å². The first kappa shape index (κ1) is 17.2. The van der Waals surface area contributed by atoms with E-state index in [-0.39, 0.29) is 11.9 Å². The molecule has 1 unspecified atom stereocenters. The van der Waals surface area contributed by atoms with E-state index in [1.807, 2.05) is 12.1 Å². The van der Waals surface area contributed by atoms with Gasteiger partial charge in [-0.05, 0) is 55.7 Å². The van der Waals surface area contributed by atoms with Gasteiger partial charge < -0.3 is 10.6 Å². The Morgan fingerprint density at radius 3 is 2.46 bits per heavy atom. The van der Waals surface area contributed by atoms with E-state index in [0.29, 0.717) is 24.8 Å². The lowest BCUT2D eigenvalue weighted by Crippen LogP contribution is -2.52. The minimum absolute atomic E-state index is 0.168. The van der Waals surface area contributed by atoms with Crippen LogP contribution < -0.4 is 16.0 Å². The Morgan fingerprint density at radius 2 is 1.92 bits per heavy atom. The molecule has 3 rings (SSSR count). The van der Waals surface area contributed by atoms with Crippen LogP contribution in [0.2, 0.25) is 5.02 Å². The molecule has 1 aromatic carbocycles. The fourth-order valence-electron chi connectivity index (χ4n) is 3.74. The fraction of sp³-hybridized carbons (Fsp3) is 0.556. The zero-order valence-corrected chi connectivity index (χ0v) is 14.7. The smallest absolute Gasteiger partial charge is 0.322 e. The van der Waals surface area contributed by atoms with Gasteiger partial charge in [0.05, 0.1) is 0 Å². The van der Waals surface area contributed by atoms with Gasteiger partial charge in [0.25, 0.3) is 5.91 Å². The molecular weight excluding hydrogens is 326 g/mol. The molecule has 3 N–H and O–H groups in total. The lowest BCUT2D eigenvalue weighted by Gasteiger charge is -2.35. The molecule has 6 heteroatoms. The molecule has 2 fully saturated rings. The summed E-state index contributed by atoms with van der Waals surface area (Å²) in [5.74, 6) is 0.284. The summed E-state index contributed by atoms with van der Waals surface area (Å²) < 4.78 is 0. The third kappa shape index (κ3) is 3.57. The van der Waals surface area contributed by atoms with Gasteiger partial charge in [-0.1, -0.05) is 30.7 Å². The number of nitrogens with one attached hydrogen (secondary N) is 3. The lowest BCUT2D eigenvalue weighted by molar-refractivity contribution is -0.125. The van der Waals surface area contributed by atoms with Gasteiger partial charge in [-0.2, -0.15) is 0 Å². The Hall–Kier alpha value is -1.59. The van der Waals surface area contributed by atoms with Crippen molar-refractivity contribution in [3.63, 3.8) is 0 Å². The van der Waals surface area contributed by atoms with Gasteiger partial charge in [0, 0.05) is 17.6 Å². The molecule has 1 spiro atoms. The second-order valence-corrected chi connectivity index (χ2v) is 7.27. The number of carbonyl (C=O) groups is 2. The van der Waals surface area contributed by atoms with Gasteiger partial charge in [0.1, 0.15) is 5.54 Å². The number of carbonyl (C=O) groups excluding carboxylic acids is 2. The van der Waals surface area contributed by atoms with Gasteiger partial charge in [-0.25, -0.2) is 4.79 Å². The Labute approximate surface area is 147 Å². The molecule has 24 heavy (non-hydrogen) atoms. The molecule has 2 aliphatic rings. The molecule has 0 radical (unpaired) electrons. The predicted octanol–water partition coefficient (Wildman–Crippen LogP) is 2.94. The predicted molar refractivity (Wildman–Crippen MR) is 94.1 cm³/mol. The van der Waals surface area contributed by atoms with Crippen molar-refractivity contribution in [3.05, 3.63) is 34.9 Å². The van der Waals surface area contributed by atoms with Crippen LogP contribution in [-0.2, 0) is 4.79 Å². The summed E-state index contributed by atoms with van der Waals surface area (Å²) in [6.07, 6.45) is 4.24. The number of halogens is 1. The largest absolute Gasteiger partial charge is 0.323 e. The van der Waals surface area contributed by atoms with E-state index >= 15 is 0 Å². The van der Waals surface area contributed by atoms with Crippen LogP contribution in [0.25, 0.3) is 0 Å². The van der Waals surface area contributed by atoms with Crippen LogP contribution in [0.15, 0.2) is 24.3 Å². The molecule has 1 aliphatic carbocycles. The molecule has 1 saturated heterocycles. The van der Waals surface area contributed by atoms with E-state index in [1.165, 1.54) is 5.56 Å². The standard InChI is InChI=1S/C18H24ClN3O2/c1-2-12(13-3-5-14(19)6-4-13)11-20-15-7-9-18(10-8-15)16(23)21-17(24)22-18/h3-6,12,15,20H,2,7-11H2,1H3,(H2,21,22,23,24). The molecule has 5 nitrogen and oxygen atoms in total. The van der Waals surface area contributed by atoms with Gasteiger partial charge in [-0.15, -0.1) is 0 Å². The highest BCUT2D eigenvalue weighted by atomic mass is 35.5. The van der Waals surface area contributed by atoms with Gasteiger partial charge in [0.2, 0.25) is 0 Å². The third-order valence-electron chi connectivity index (χ3n) is 5.34. The Balaban J connectivity index is 1.52. The molecule has 0 aromatic heterocycles. The first-order chi connectivity index (χ1) is 11.5. The number of hydrogen-bond acceptors (Lipinski definition) is 3. The summed E-state index contributed by atoms with van der Waals surface area (Å²) in [6.45, 7) is 3.10. The quantitative estimate of drug-likeness (QED) is 0.716. The Bertz CT molecular complexity index is 609. The van der Waals surface area contributed by atoms with E-state index in [9.17, 15) is 9.59 Å². The minimum Gasteiger partial charge on any atom is -0.323 e. The second kappa shape index (κ2) is 7.11. The number of amides is 3. The number of urea groups is 1. The minimum atomic E-state index is -0.671. The van der Waals surface area contributed by atoms with Crippen molar-refractivity contribution in [1.29, 1.82) is 0 Å². The van der Waals surface area contributed by atoms with Gasteiger partial charge in [0.15, 0.2) is 0 Å². The number of hydrogen-bond donors (Lipinski definition) is 3. The summed E-state index contributed by atoms with van der Waals surface area (Å²) in [7, 11) is 0. The lowest BCUT2D eigenvalue weighted by atomic mass is 9.79. The molecule has 130 valence electrons. The van der Waals surface area contributed by atoms with Gasteiger partial charge in [-0.3, -0.25) is 10.1 Å². The maximum atomic E-state index is 12.0. The zero-order chi connectivity index (χ0) is 17.2.